The molecule has 126 valence electrons. The Morgan fingerprint density at radius 1 is 1.46 bits per heavy atom. The largest absolute Gasteiger partial charge is 0.485 e. The number of alkyl halides is 3. The Balaban J connectivity index is 2.28. The van der Waals surface area contributed by atoms with Crippen molar-refractivity contribution in [1.82, 2.24) is 0 Å². The molecule has 1 aromatic carbocycles. The number of benzene rings is 1. The highest BCUT2D eigenvalue weighted by atomic mass is 19.4. The molecule has 1 unspecified atom stereocenters. The van der Waals surface area contributed by atoms with E-state index in [0.717, 1.165) is 24.1 Å². The maximum absolute atomic E-state index is 12.8. The van der Waals surface area contributed by atoms with E-state index in [1.807, 2.05) is 6.92 Å². The smallest absolute Gasteiger partial charge is 0.416 e. The Morgan fingerprint density at radius 2 is 2.21 bits per heavy atom. The van der Waals surface area contributed by atoms with Crippen molar-refractivity contribution in [1.29, 1.82) is 5.26 Å². The second-order valence-corrected chi connectivity index (χ2v) is 5.56. The molecule has 0 amide bonds. The van der Waals surface area contributed by atoms with Crippen LogP contribution in [0.5, 0.6) is 5.75 Å². The summed E-state index contributed by atoms with van der Waals surface area (Å²) in [5.74, 6) is 0.449. The van der Waals surface area contributed by atoms with Crippen molar-refractivity contribution < 1.29 is 17.9 Å². The number of nitriles is 1. The van der Waals surface area contributed by atoms with E-state index in [4.69, 9.17) is 4.74 Å². The molecule has 1 atom stereocenters. The van der Waals surface area contributed by atoms with Gasteiger partial charge in [0.15, 0.2) is 0 Å². The van der Waals surface area contributed by atoms with E-state index in [1.165, 1.54) is 6.07 Å². The normalized spacial score (nSPS) is 17.9. The number of nitrogens with zero attached hydrogens (tertiary/aromatic N) is 1. The fourth-order valence-electron chi connectivity index (χ4n) is 2.63. The molecule has 0 radical (unpaired) electrons. The Bertz CT molecular complexity index is 723. The number of hydrogen-bond donors (Lipinski definition) is 0. The monoisotopic (exact) mass is 333 g/mol. The average Bonchev–Trinajstić information content (AvgIpc) is 2.95. The highest BCUT2D eigenvalue weighted by Gasteiger charge is 2.33. The lowest BCUT2D eigenvalue weighted by atomic mass is 9.99. The topological polar surface area (TPSA) is 33.0 Å². The van der Waals surface area contributed by atoms with Gasteiger partial charge in [0.25, 0.3) is 0 Å². The van der Waals surface area contributed by atoms with Gasteiger partial charge in [0.2, 0.25) is 0 Å². The molecule has 1 aromatic rings. The van der Waals surface area contributed by atoms with Crippen LogP contribution in [0.25, 0.3) is 0 Å². The third kappa shape index (κ3) is 4.08. The predicted molar refractivity (Wildman–Crippen MR) is 86.4 cm³/mol. The zero-order valence-corrected chi connectivity index (χ0v) is 13.4. The molecule has 1 heterocycles. The molecule has 0 saturated heterocycles. The minimum absolute atomic E-state index is 0.334. The molecule has 2 nitrogen and oxygen atoms in total. The van der Waals surface area contributed by atoms with Gasteiger partial charge >= 0.3 is 6.18 Å². The molecule has 24 heavy (non-hydrogen) atoms. The number of ether oxygens (including phenoxy) is 1. The van der Waals surface area contributed by atoms with Gasteiger partial charge < -0.3 is 4.74 Å². The van der Waals surface area contributed by atoms with Crippen LogP contribution < -0.4 is 4.74 Å². The summed E-state index contributed by atoms with van der Waals surface area (Å²) in [4.78, 5) is 0. The van der Waals surface area contributed by atoms with Gasteiger partial charge in [-0.25, -0.2) is 0 Å². The minimum Gasteiger partial charge on any atom is -0.485 e. The van der Waals surface area contributed by atoms with Gasteiger partial charge in [-0.2, -0.15) is 18.4 Å². The maximum atomic E-state index is 12.8. The first kappa shape index (κ1) is 17.9. The van der Waals surface area contributed by atoms with Gasteiger partial charge in [-0.3, -0.25) is 0 Å². The summed E-state index contributed by atoms with van der Waals surface area (Å²) in [6, 6.07) is 5.65. The molecule has 1 aliphatic rings. The number of allylic oxidation sites excluding steroid dienone is 3. The Labute approximate surface area is 139 Å². The van der Waals surface area contributed by atoms with Gasteiger partial charge in [-0.1, -0.05) is 32.1 Å². The first-order chi connectivity index (χ1) is 11.4. The summed E-state index contributed by atoms with van der Waals surface area (Å²) >= 11 is 0. The van der Waals surface area contributed by atoms with Crippen molar-refractivity contribution in [2.24, 2.45) is 0 Å². The SMILES string of the molecule is C=C/C=C(\C=C(\C#N)CCC)C1Cc2cc(C(F)(F)F)ccc2O1. The van der Waals surface area contributed by atoms with Crippen LogP contribution in [0.3, 0.4) is 0 Å². The van der Waals surface area contributed by atoms with E-state index < -0.39 is 17.8 Å². The van der Waals surface area contributed by atoms with Crippen molar-refractivity contribution in [3.8, 4) is 11.8 Å². The molecule has 0 saturated carbocycles. The van der Waals surface area contributed by atoms with Gasteiger partial charge in [0, 0.05) is 12.0 Å². The average molecular weight is 333 g/mol. The second-order valence-electron chi connectivity index (χ2n) is 5.56. The van der Waals surface area contributed by atoms with Crippen LogP contribution in [0.4, 0.5) is 13.2 Å². The lowest BCUT2D eigenvalue weighted by molar-refractivity contribution is -0.137. The fraction of sp³-hybridized carbons (Fsp3) is 0.316. The molecule has 0 aromatic heterocycles. The van der Waals surface area contributed by atoms with Gasteiger partial charge in [-0.05, 0) is 41.8 Å². The Kier molecular flexibility index (Phi) is 5.50. The van der Waals surface area contributed by atoms with Crippen LogP contribution in [-0.4, -0.2) is 6.10 Å². The molecule has 0 N–H and O–H groups in total. The molecule has 2 rings (SSSR count). The summed E-state index contributed by atoms with van der Waals surface area (Å²) in [5.41, 5.74) is 1.19. The fourth-order valence-corrected chi connectivity index (χ4v) is 2.63. The van der Waals surface area contributed by atoms with E-state index in [2.05, 4.69) is 12.6 Å². The zero-order chi connectivity index (χ0) is 17.7. The van der Waals surface area contributed by atoms with Crippen molar-refractivity contribution in [2.75, 3.05) is 0 Å². The van der Waals surface area contributed by atoms with Crippen LogP contribution in [0.15, 0.2) is 54.2 Å². The standard InChI is InChI=1S/C19H18F3NO/c1-3-5-13(12-23)9-14(6-4-2)18-11-15-10-16(19(20,21)22)7-8-17(15)24-18/h4,6-10,18H,2-3,5,11H2,1H3/b13-9+,14-6+. The predicted octanol–water partition coefficient (Wildman–Crippen LogP) is 5.37. The third-order valence-electron chi connectivity index (χ3n) is 3.75. The van der Waals surface area contributed by atoms with E-state index in [9.17, 15) is 18.4 Å². The van der Waals surface area contributed by atoms with Crippen molar-refractivity contribution in [2.45, 2.75) is 38.5 Å². The van der Waals surface area contributed by atoms with Crippen LogP contribution in [-0.2, 0) is 12.6 Å². The Morgan fingerprint density at radius 3 is 2.79 bits per heavy atom. The molecule has 0 spiro atoms. The molecule has 0 bridgehead atoms. The summed E-state index contributed by atoms with van der Waals surface area (Å²) in [5, 5.41) is 9.18. The highest BCUT2D eigenvalue weighted by Crippen LogP contribution is 2.37. The van der Waals surface area contributed by atoms with Crippen LogP contribution in [0.2, 0.25) is 0 Å². The molecular formula is C19H18F3NO. The van der Waals surface area contributed by atoms with Crippen LogP contribution in [0.1, 0.15) is 30.9 Å². The highest BCUT2D eigenvalue weighted by molar-refractivity contribution is 5.46. The Hall–Kier alpha value is -2.48. The first-order valence-electron chi connectivity index (χ1n) is 7.69. The molecule has 0 aliphatic carbocycles. The lowest BCUT2D eigenvalue weighted by Crippen LogP contribution is -2.15. The van der Waals surface area contributed by atoms with Crippen molar-refractivity contribution in [3.05, 3.63) is 65.3 Å². The van der Waals surface area contributed by atoms with E-state index in [1.54, 1.807) is 18.2 Å². The van der Waals surface area contributed by atoms with E-state index >= 15 is 0 Å². The zero-order valence-electron chi connectivity index (χ0n) is 13.4. The lowest BCUT2D eigenvalue weighted by Gasteiger charge is -2.12. The quantitative estimate of drug-likeness (QED) is 0.536. The van der Waals surface area contributed by atoms with E-state index in [0.29, 0.717) is 29.7 Å². The molecule has 1 aliphatic heterocycles. The van der Waals surface area contributed by atoms with Gasteiger partial charge in [0.1, 0.15) is 11.9 Å². The van der Waals surface area contributed by atoms with Crippen LogP contribution >= 0.6 is 0 Å². The minimum atomic E-state index is -4.37. The number of rotatable bonds is 5. The second kappa shape index (κ2) is 7.39. The number of fused-ring (bicyclic) bond motifs is 1. The molecular weight excluding hydrogens is 315 g/mol. The van der Waals surface area contributed by atoms with Crippen LogP contribution in [0, 0.1) is 11.3 Å². The molecule has 0 fully saturated rings. The number of hydrogen-bond acceptors (Lipinski definition) is 2. The van der Waals surface area contributed by atoms with Crippen molar-refractivity contribution >= 4 is 0 Å². The van der Waals surface area contributed by atoms with Crippen molar-refractivity contribution in [3.63, 3.8) is 0 Å². The van der Waals surface area contributed by atoms with Gasteiger partial charge in [-0.15, -0.1) is 0 Å². The summed E-state index contributed by atoms with van der Waals surface area (Å²) in [6.45, 7) is 5.63. The van der Waals surface area contributed by atoms with E-state index in [-0.39, 0.29) is 0 Å². The maximum Gasteiger partial charge on any atom is 0.416 e. The third-order valence-corrected chi connectivity index (χ3v) is 3.75. The summed E-state index contributed by atoms with van der Waals surface area (Å²) in [6.07, 6.45) is 2.08. The summed E-state index contributed by atoms with van der Waals surface area (Å²) in [7, 11) is 0. The first-order valence-corrected chi connectivity index (χ1v) is 7.69. The van der Waals surface area contributed by atoms with Gasteiger partial charge in [0.05, 0.1) is 11.6 Å². The summed E-state index contributed by atoms with van der Waals surface area (Å²) < 4.78 is 44.2. The molecule has 5 heteroatoms. The number of halogens is 3.